The van der Waals surface area contributed by atoms with E-state index in [0.717, 1.165) is 19.3 Å². The summed E-state index contributed by atoms with van der Waals surface area (Å²) in [5, 5.41) is 2.32. The maximum atomic E-state index is 12.3. The normalized spacial score (nSPS) is 14.6. The highest BCUT2D eigenvalue weighted by Crippen LogP contribution is 2.24. The first-order valence-electron chi connectivity index (χ1n) is 5.62. The van der Waals surface area contributed by atoms with Crippen LogP contribution in [0.25, 0.3) is 0 Å². The zero-order chi connectivity index (χ0) is 11.9. The SMILES string of the molecule is CNC(CCCCCC(C)C)C(F)(F)F. The van der Waals surface area contributed by atoms with E-state index < -0.39 is 12.2 Å². The highest BCUT2D eigenvalue weighted by molar-refractivity contribution is 4.72. The quantitative estimate of drug-likeness (QED) is 0.651. The molecule has 0 amide bonds. The molecule has 0 radical (unpaired) electrons. The van der Waals surface area contributed by atoms with Gasteiger partial charge in [0, 0.05) is 0 Å². The monoisotopic (exact) mass is 225 g/mol. The third-order valence-electron chi connectivity index (χ3n) is 2.52. The Bertz CT molecular complexity index is 154. The van der Waals surface area contributed by atoms with Crippen LogP contribution in [-0.2, 0) is 0 Å². The standard InChI is InChI=1S/C11H22F3N/c1-9(2)7-5-4-6-8-10(15-3)11(12,13)14/h9-10,15H,4-8H2,1-3H3. The summed E-state index contributed by atoms with van der Waals surface area (Å²) in [7, 11) is 1.37. The second-order valence-corrected chi connectivity index (χ2v) is 4.41. The second-order valence-electron chi connectivity index (χ2n) is 4.41. The van der Waals surface area contributed by atoms with Gasteiger partial charge in [0.15, 0.2) is 0 Å². The van der Waals surface area contributed by atoms with E-state index in [2.05, 4.69) is 19.2 Å². The molecule has 4 heteroatoms. The molecular weight excluding hydrogens is 203 g/mol. The first kappa shape index (κ1) is 14.8. The minimum Gasteiger partial charge on any atom is -0.309 e. The van der Waals surface area contributed by atoms with E-state index in [1.165, 1.54) is 7.05 Å². The molecule has 0 aliphatic carbocycles. The molecule has 0 saturated carbocycles. The third-order valence-corrected chi connectivity index (χ3v) is 2.52. The van der Waals surface area contributed by atoms with Crippen molar-refractivity contribution in [2.75, 3.05) is 7.05 Å². The first-order valence-corrected chi connectivity index (χ1v) is 5.62. The van der Waals surface area contributed by atoms with Crippen LogP contribution in [0.2, 0.25) is 0 Å². The summed E-state index contributed by atoms with van der Waals surface area (Å²) < 4.78 is 36.9. The lowest BCUT2D eigenvalue weighted by molar-refractivity contribution is -0.156. The van der Waals surface area contributed by atoms with Crippen molar-refractivity contribution >= 4 is 0 Å². The number of hydrogen-bond donors (Lipinski definition) is 1. The Balaban J connectivity index is 3.56. The molecule has 0 aliphatic rings. The Morgan fingerprint density at radius 1 is 1.00 bits per heavy atom. The molecule has 0 heterocycles. The Hall–Kier alpha value is -0.250. The van der Waals surface area contributed by atoms with Crippen LogP contribution < -0.4 is 5.32 Å². The molecule has 1 unspecified atom stereocenters. The molecule has 1 N–H and O–H groups in total. The molecule has 1 nitrogen and oxygen atoms in total. The lowest BCUT2D eigenvalue weighted by atomic mass is 10.0. The summed E-state index contributed by atoms with van der Waals surface area (Å²) in [6.45, 7) is 4.26. The van der Waals surface area contributed by atoms with Crippen LogP contribution in [0.1, 0.15) is 46.0 Å². The molecule has 0 rings (SSSR count). The van der Waals surface area contributed by atoms with E-state index in [9.17, 15) is 13.2 Å². The van der Waals surface area contributed by atoms with Crippen molar-refractivity contribution in [2.24, 2.45) is 5.92 Å². The van der Waals surface area contributed by atoms with E-state index in [4.69, 9.17) is 0 Å². The highest BCUT2D eigenvalue weighted by Gasteiger charge is 2.37. The molecule has 0 aromatic carbocycles. The van der Waals surface area contributed by atoms with Crippen molar-refractivity contribution in [1.82, 2.24) is 5.32 Å². The molecule has 0 spiro atoms. The van der Waals surface area contributed by atoms with Gasteiger partial charge in [-0.2, -0.15) is 13.2 Å². The maximum absolute atomic E-state index is 12.3. The Morgan fingerprint density at radius 2 is 1.53 bits per heavy atom. The van der Waals surface area contributed by atoms with E-state index >= 15 is 0 Å². The van der Waals surface area contributed by atoms with Crippen LogP contribution >= 0.6 is 0 Å². The van der Waals surface area contributed by atoms with Crippen molar-refractivity contribution in [2.45, 2.75) is 58.2 Å². The van der Waals surface area contributed by atoms with Gasteiger partial charge in [-0.1, -0.05) is 39.5 Å². The predicted octanol–water partition coefficient (Wildman–Crippen LogP) is 3.74. The average Bonchev–Trinajstić information content (AvgIpc) is 2.08. The lowest BCUT2D eigenvalue weighted by Gasteiger charge is -2.19. The lowest BCUT2D eigenvalue weighted by Crippen LogP contribution is -2.39. The summed E-state index contributed by atoms with van der Waals surface area (Å²) in [5.74, 6) is 0.646. The summed E-state index contributed by atoms with van der Waals surface area (Å²) in [6, 6.07) is -1.34. The van der Waals surface area contributed by atoms with Gasteiger partial charge in [-0.25, -0.2) is 0 Å². The van der Waals surface area contributed by atoms with E-state index in [0.29, 0.717) is 12.3 Å². The molecular formula is C11H22F3N. The van der Waals surface area contributed by atoms with Crippen LogP contribution in [0.5, 0.6) is 0 Å². The van der Waals surface area contributed by atoms with Gasteiger partial charge in [0.25, 0.3) is 0 Å². The van der Waals surface area contributed by atoms with Gasteiger partial charge >= 0.3 is 6.18 Å². The molecule has 0 aliphatic heterocycles. The number of nitrogens with one attached hydrogen (secondary N) is 1. The average molecular weight is 225 g/mol. The van der Waals surface area contributed by atoms with E-state index in [1.54, 1.807) is 0 Å². The molecule has 15 heavy (non-hydrogen) atoms. The van der Waals surface area contributed by atoms with Gasteiger partial charge in [0.2, 0.25) is 0 Å². The number of hydrogen-bond acceptors (Lipinski definition) is 1. The van der Waals surface area contributed by atoms with E-state index in [-0.39, 0.29) is 6.42 Å². The number of alkyl halides is 3. The van der Waals surface area contributed by atoms with Gasteiger partial charge in [-0.15, -0.1) is 0 Å². The first-order chi connectivity index (χ1) is 6.88. The van der Waals surface area contributed by atoms with Gasteiger partial charge in [-0.3, -0.25) is 0 Å². The molecule has 0 fully saturated rings. The summed E-state index contributed by atoms with van der Waals surface area (Å²) in [5.41, 5.74) is 0. The van der Waals surface area contributed by atoms with Crippen LogP contribution in [0, 0.1) is 5.92 Å². The fraction of sp³-hybridized carbons (Fsp3) is 1.00. The topological polar surface area (TPSA) is 12.0 Å². The Morgan fingerprint density at radius 3 is 1.93 bits per heavy atom. The molecule has 92 valence electrons. The smallest absolute Gasteiger partial charge is 0.309 e. The summed E-state index contributed by atoms with van der Waals surface area (Å²) >= 11 is 0. The van der Waals surface area contributed by atoms with Crippen molar-refractivity contribution in [3.63, 3.8) is 0 Å². The van der Waals surface area contributed by atoms with Gasteiger partial charge in [0.1, 0.15) is 6.04 Å². The summed E-state index contributed by atoms with van der Waals surface area (Å²) in [6.07, 6.45) is -0.225. The fourth-order valence-electron chi connectivity index (χ4n) is 1.55. The van der Waals surface area contributed by atoms with Crippen molar-refractivity contribution in [3.8, 4) is 0 Å². The molecule has 1 atom stereocenters. The number of halogens is 3. The Kier molecular flexibility index (Phi) is 6.98. The molecule has 0 aromatic rings. The number of unbranched alkanes of at least 4 members (excludes halogenated alkanes) is 2. The van der Waals surface area contributed by atoms with E-state index in [1.807, 2.05) is 0 Å². The number of rotatable bonds is 7. The van der Waals surface area contributed by atoms with Crippen molar-refractivity contribution in [1.29, 1.82) is 0 Å². The minimum atomic E-state index is -4.10. The molecule has 0 bridgehead atoms. The minimum absolute atomic E-state index is 0.193. The summed E-state index contributed by atoms with van der Waals surface area (Å²) in [4.78, 5) is 0. The highest BCUT2D eigenvalue weighted by atomic mass is 19.4. The van der Waals surface area contributed by atoms with Crippen LogP contribution in [0.15, 0.2) is 0 Å². The van der Waals surface area contributed by atoms with Crippen LogP contribution in [0.4, 0.5) is 13.2 Å². The fourth-order valence-corrected chi connectivity index (χ4v) is 1.55. The zero-order valence-corrected chi connectivity index (χ0v) is 9.82. The third kappa shape index (κ3) is 7.65. The van der Waals surface area contributed by atoms with Crippen molar-refractivity contribution < 1.29 is 13.2 Å². The van der Waals surface area contributed by atoms with Crippen molar-refractivity contribution in [3.05, 3.63) is 0 Å². The molecule has 0 aromatic heterocycles. The zero-order valence-electron chi connectivity index (χ0n) is 9.82. The Labute approximate surface area is 90.4 Å². The van der Waals surface area contributed by atoms with Gasteiger partial charge < -0.3 is 5.32 Å². The van der Waals surface area contributed by atoms with Gasteiger partial charge in [-0.05, 0) is 19.4 Å². The van der Waals surface area contributed by atoms with Crippen LogP contribution in [0.3, 0.4) is 0 Å². The van der Waals surface area contributed by atoms with Crippen LogP contribution in [-0.4, -0.2) is 19.3 Å². The maximum Gasteiger partial charge on any atom is 0.403 e. The molecule has 0 saturated heterocycles. The second kappa shape index (κ2) is 7.09. The predicted molar refractivity (Wildman–Crippen MR) is 56.8 cm³/mol. The van der Waals surface area contributed by atoms with Gasteiger partial charge in [0.05, 0.1) is 0 Å². The largest absolute Gasteiger partial charge is 0.403 e.